The molecule has 2 N–H and O–H groups in total. The van der Waals surface area contributed by atoms with Crippen LogP contribution in [0.4, 0.5) is 4.79 Å². The minimum absolute atomic E-state index is 0.321. The van der Waals surface area contributed by atoms with Gasteiger partial charge in [-0.15, -0.1) is 0 Å². The van der Waals surface area contributed by atoms with Crippen LogP contribution in [0.2, 0.25) is 0 Å². The molecule has 7 heteroatoms. The molecule has 4 amide bonds. The molecule has 0 saturated carbocycles. The number of hydrogen-bond donors (Lipinski definition) is 2. The first-order valence-electron chi connectivity index (χ1n) is 11.6. The predicted octanol–water partition coefficient (Wildman–Crippen LogP) is 3.13. The van der Waals surface area contributed by atoms with E-state index < -0.39 is 11.6 Å². The fourth-order valence-corrected chi connectivity index (χ4v) is 4.35. The Morgan fingerprint density at radius 2 is 1.43 bits per heavy atom. The first-order chi connectivity index (χ1) is 17.0. The Morgan fingerprint density at radius 1 is 0.857 bits per heavy atom. The summed E-state index contributed by atoms with van der Waals surface area (Å²) in [6.07, 6.45) is 1.30. The third-order valence-corrected chi connectivity index (χ3v) is 6.14. The minimum Gasteiger partial charge on any atom is -0.497 e. The number of carbonyl (C=O) groups excluding carboxylic acids is 3. The maximum atomic E-state index is 13.6. The first-order valence-corrected chi connectivity index (χ1v) is 11.6. The highest BCUT2D eigenvalue weighted by atomic mass is 16.5. The molecular weight excluding hydrogens is 442 g/mol. The second kappa shape index (κ2) is 10.9. The molecule has 0 atom stereocenters. The second-order valence-electron chi connectivity index (χ2n) is 8.68. The van der Waals surface area contributed by atoms with Crippen LogP contribution < -0.4 is 15.4 Å². The number of carbonyl (C=O) groups is 3. The highest BCUT2D eigenvalue weighted by Gasteiger charge is 2.51. The standard InChI is InChI=1S/C28H29N3O4/c1-35-24-14-12-21(13-15-24)16-17-29-25(32)20-31-26(33)28(30-27(31)34,18-22-8-4-2-5-9-22)19-23-10-6-3-7-11-23/h2-15H,16-20H2,1H3,(H,29,32)(H,30,34). The zero-order chi connectivity index (χ0) is 24.7. The van der Waals surface area contributed by atoms with Gasteiger partial charge in [0.15, 0.2) is 0 Å². The van der Waals surface area contributed by atoms with Crippen molar-refractivity contribution < 1.29 is 19.1 Å². The number of ether oxygens (including phenoxy) is 1. The highest BCUT2D eigenvalue weighted by molar-refractivity contribution is 6.09. The predicted molar refractivity (Wildman–Crippen MR) is 133 cm³/mol. The molecule has 3 aromatic carbocycles. The molecule has 0 aliphatic carbocycles. The van der Waals surface area contributed by atoms with E-state index in [1.165, 1.54) is 0 Å². The largest absolute Gasteiger partial charge is 0.497 e. The molecule has 1 aliphatic heterocycles. The molecule has 0 unspecified atom stereocenters. The number of rotatable bonds is 10. The van der Waals surface area contributed by atoms with Gasteiger partial charge in [-0.25, -0.2) is 4.79 Å². The lowest BCUT2D eigenvalue weighted by Gasteiger charge is -2.27. The van der Waals surface area contributed by atoms with Gasteiger partial charge in [-0.1, -0.05) is 72.8 Å². The van der Waals surface area contributed by atoms with E-state index in [0.29, 0.717) is 25.8 Å². The van der Waals surface area contributed by atoms with Crippen LogP contribution in [0.5, 0.6) is 5.75 Å². The number of methoxy groups -OCH3 is 1. The summed E-state index contributed by atoms with van der Waals surface area (Å²) in [5, 5.41) is 5.72. The van der Waals surface area contributed by atoms with Crippen molar-refractivity contribution in [3.63, 3.8) is 0 Å². The van der Waals surface area contributed by atoms with Gasteiger partial charge in [0.25, 0.3) is 5.91 Å². The van der Waals surface area contributed by atoms with Crippen molar-refractivity contribution in [1.82, 2.24) is 15.5 Å². The number of hydrogen-bond acceptors (Lipinski definition) is 4. The first kappa shape index (κ1) is 24.0. The van der Waals surface area contributed by atoms with E-state index in [9.17, 15) is 14.4 Å². The zero-order valence-electron chi connectivity index (χ0n) is 19.7. The van der Waals surface area contributed by atoms with Gasteiger partial charge in [0, 0.05) is 19.4 Å². The summed E-state index contributed by atoms with van der Waals surface area (Å²) in [5.74, 6) is 0.00331. The van der Waals surface area contributed by atoms with Gasteiger partial charge in [0.2, 0.25) is 5.91 Å². The van der Waals surface area contributed by atoms with Crippen molar-refractivity contribution in [2.45, 2.75) is 24.8 Å². The average Bonchev–Trinajstić information content (AvgIpc) is 3.09. The van der Waals surface area contributed by atoms with E-state index in [1.54, 1.807) is 7.11 Å². The molecule has 1 saturated heterocycles. The lowest BCUT2D eigenvalue weighted by molar-refractivity contribution is -0.135. The summed E-state index contributed by atoms with van der Waals surface area (Å²) in [4.78, 5) is 40.1. The minimum atomic E-state index is -1.15. The number of benzene rings is 3. The summed E-state index contributed by atoms with van der Waals surface area (Å²) < 4.78 is 5.15. The molecule has 7 nitrogen and oxygen atoms in total. The van der Waals surface area contributed by atoms with Gasteiger partial charge in [-0.2, -0.15) is 0 Å². The van der Waals surface area contributed by atoms with Crippen LogP contribution in [0.1, 0.15) is 16.7 Å². The Bertz CT molecular complexity index is 1120. The van der Waals surface area contributed by atoms with Crippen molar-refractivity contribution >= 4 is 17.8 Å². The monoisotopic (exact) mass is 471 g/mol. The number of urea groups is 1. The SMILES string of the molecule is COc1ccc(CCNC(=O)CN2C(=O)NC(Cc3ccccc3)(Cc3ccccc3)C2=O)cc1. The molecule has 3 aromatic rings. The van der Waals surface area contributed by atoms with E-state index >= 15 is 0 Å². The number of nitrogens with zero attached hydrogens (tertiary/aromatic N) is 1. The number of nitrogens with one attached hydrogen (secondary N) is 2. The molecule has 180 valence electrons. The van der Waals surface area contributed by atoms with E-state index in [4.69, 9.17) is 4.74 Å². The molecule has 1 fully saturated rings. The molecule has 0 spiro atoms. The molecule has 1 heterocycles. The van der Waals surface area contributed by atoms with Gasteiger partial charge in [-0.3, -0.25) is 14.5 Å². The topological polar surface area (TPSA) is 87.7 Å². The lowest BCUT2D eigenvalue weighted by Crippen LogP contribution is -2.51. The summed E-state index contributed by atoms with van der Waals surface area (Å²) in [6, 6.07) is 26.2. The maximum absolute atomic E-state index is 13.6. The van der Waals surface area contributed by atoms with Crippen LogP contribution >= 0.6 is 0 Å². The van der Waals surface area contributed by atoms with Gasteiger partial charge in [0.1, 0.15) is 17.8 Å². The maximum Gasteiger partial charge on any atom is 0.325 e. The number of amides is 4. The normalized spacial score (nSPS) is 14.5. The molecular formula is C28H29N3O4. The van der Waals surface area contributed by atoms with Gasteiger partial charge < -0.3 is 15.4 Å². The highest BCUT2D eigenvalue weighted by Crippen LogP contribution is 2.27. The van der Waals surface area contributed by atoms with E-state index in [0.717, 1.165) is 27.3 Å². The van der Waals surface area contributed by atoms with Crippen LogP contribution in [0.15, 0.2) is 84.9 Å². The summed E-state index contributed by atoms with van der Waals surface area (Å²) >= 11 is 0. The van der Waals surface area contributed by atoms with Crippen LogP contribution in [0.3, 0.4) is 0 Å². The van der Waals surface area contributed by atoms with E-state index in [-0.39, 0.29) is 18.4 Å². The molecule has 0 radical (unpaired) electrons. The van der Waals surface area contributed by atoms with Gasteiger partial charge in [0.05, 0.1) is 7.11 Å². The molecule has 1 aliphatic rings. The third kappa shape index (κ3) is 5.87. The molecule has 0 aromatic heterocycles. The van der Waals surface area contributed by atoms with Crippen molar-refractivity contribution in [2.75, 3.05) is 20.2 Å². The molecule has 0 bridgehead atoms. The van der Waals surface area contributed by atoms with Crippen molar-refractivity contribution in [3.05, 3.63) is 102 Å². The Labute approximate surface area is 205 Å². The van der Waals surface area contributed by atoms with Crippen molar-refractivity contribution in [3.8, 4) is 5.75 Å². The van der Waals surface area contributed by atoms with Gasteiger partial charge >= 0.3 is 6.03 Å². The fraction of sp³-hybridized carbons (Fsp3) is 0.250. The number of imide groups is 1. The molecule has 35 heavy (non-hydrogen) atoms. The van der Waals surface area contributed by atoms with E-state index in [1.807, 2.05) is 84.9 Å². The Morgan fingerprint density at radius 3 is 1.97 bits per heavy atom. The Hall–Kier alpha value is -4.13. The lowest BCUT2D eigenvalue weighted by atomic mass is 9.84. The third-order valence-electron chi connectivity index (χ3n) is 6.14. The van der Waals surface area contributed by atoms with Crippen LogP contribution in [-0.4, -0.2) is 48.5 Å². The fourth-order valence-electron chi connectivity index (χ4n) is 4.35. The quantitative estimate of drug-likeness (QED) is 0.445. The Balaban J connectivity index is 1.42. The van der Waals surface area contributed by atoms with Crippen molar-refractivity contribution in [1.29, 1.82) is 0 Å². The van der Waals surface area contributed by atoms with Crippen LogP contribution in [-0.2, 0) is 28.9 Å². The summed E-state index contributed by atoms with van der Waals surface area (Å²) in [5.41, 5.74) is 1.76. The molecule has 4 rings (SSSR count). The Kier molecular flexibility index (Phi) is 7.45. The summed E-state index contributed by atoms with van der Waals surface area (Å²) in [7, 11) is 1.61. The second-order valence-corrected chi connectivity index (χ2v) is 8.68. The average molecular weight is 472 g/mol. The zero-order valence-corrected chi connectivity index (χ0v) is 19.7. The van der Waals surface area contributed by atoms with Crippen LogP contribution in [0.25, 0.3) is 0 Å². The smallest absolute Gasteiger partial charge is 0.325 e. The van der Waals surface area contributed by atoms with Gasteiger partial charge in [-0.05, 0) is 35.2 Å². The summed E-state index contributed by atoms with van der Waals surface area (Å²) in [6.45, 7) is 0.0760. The van der Waals surface area contributed by atoms with Crippen LogP contribution in [0, 0.1) is 0 Å². The van der Waals surface area contributed by atoms with E-state index in [2.05, 4.69) is 10.6 Å². The van der Waals surface area contributed by atoms with Crippen molar-refractivity contribution in [2.24, 2.45) is 0 Å².